The van der Waals surface area contributed by atoms with Gasteiger partial charge < -0.3 is 10.4 Å². The van der Waals surface area contributed by atoms with E-state index in [4.69, 9.17) is 5.11 Å². The number of carbonyl (C=O) groups is 2. The van der Waals surface area contributed by atoms with Crippen molar-refractivity contribution in [3.05, 3.63) is 28.2 Å². The highest BCUT2D eigenvalue weighted by molar-refractivity contribution is 9.10. The molecule has 0 aliphatic heterocycles. The number of carboxylic acids is 1. The van der Waals surface area contributed by atoms with Gasteiger partial charge in [-0.2, -0.15) is 0 Å². The lowest BCUT2D eigenvalue weighted by Crippen LogP contribution is -2.40. The second kappa shape index (κ2) is 7.70. The minimum Gasteiger partial charge on any atom is -0.478 e. The molecule has 0 aromatic heterocycles. The van der Waals surface area contributed by atoms with Crippen LogP contribution in [0.1, 0.15) is 37.6 Å². The van der Waals surface area contributed by atoms with Gasteiger partial charge >= 0.3 is 5.97 Å². The zero-order chi connectivity index (χ0) is 16.2. The number of hydrogen-bond acceptors (Lipinski definition) is 3. The molecular weight excluding hydrogens is 358 g/mol. The summed E-state index contributed by atoms with van der Waals surface area (Å²) >= 11 is 3.22. The Morgan fingerprint density at radius 3 is 2.52 bits per heavy atom. The molecule has 3 atom stereocenters. The Balaban J connectivity index is 3.05. The lowest BCUT2D eigenvalue weighted by atomic mass is 10.2. The van der Waals surface area contributed by atoms with Gasteiger partial charge in [-0.3, -0.25) is 9.00 Å². The zero-order valence-electron chi connectivity index (χ0n) is 12.1. The molecule has 0 radical (unpaired) electrons. The average molecular weight is 376 g/mol. The van der Waals surface area contributed by atoms with E-state index in [1.54, 1.807) is 6.07 Å². The first-order valence-electron chi connectivity index (χ1n) is 6.51. The van der Waals surface area contributed by atoms with E-state index in [1.807, 2.05) is 13.8 Å². The SMILES string of the molecule is CCC(C)NC(=O)C(C)S(=O)c1cc(Br)ccc1C(=O)O. The molecule has 5 nitrogen and oxygen atoms in total. The molecule has 1 aromatic rings. The van der Waals surface area contributed by atoms with E-state index in [2.05, 4.69) is 21.2 Å². The van der Waals surface area contributed by atoms with Crippen LogP contribution in [0.3, 0.4) is 0 Å². The molecule has 0 saturated carbocycles. The van der Waals surface area contributed by atoms with Gasteiger partial charge in [0.15, 0.2) is 0 Å². The number of nitrogens with one attached hydrogen (secondary N) is 1. The van der Waals surface area contributed by atoms with Crippen molar-refractivity contribution in [1.29, 1.82) is 0 Å². The molecule has 7 heteroatoms. The quantitative estimate of drug-likeness (QED) is 0.799. The van der Waals surface area contributed by atoms with E-state index >= 15 is 0 Å². The Morgan fingerprint density at radius 2 is 2.00 bits per heavy atom. The lowest BCUT2D eigenvalue weighted by molar-refractivity contribution is -0.121. The topological polar surface area (TPSA) is 83.5 Å². The first-order valence-corrected chi connectivity index (χ1v) is 8.52. The molecule has 0 fully saturated rings. The Kier molecular flexibility index (Phi) is 6.54. The van der Waals surface area contributed by atoms with Crippen molar-refractivity contribution >= 4 is 38.6 Å². The van der Waals surface area contributed by atoms with Crippen molar-refractivity contribution in [2.75, 3.05) is 0 Å². The fourth-order valence-corrected chi connectivity index (χ4v) is 3.36. The predicted molar refractivity (Wildman–Crippen MR) is 84.9 cm³/mol. The van der Waals surface area contributed by atoms with Crippen LogP contribution < -0.4 is 5.32 Å². The number of carbonyl (C=O) groups excluding carboxylic acids is 1. The number of halogens is 1. The molecule has 3 unspecified atom stereocenters. The molecule has 1 rings (SSSR count). The summed E-state index contributed by atoms with van der Waals surface area (Å²) in [5.41, 5.74) is -0.0558. The third-order valence-corrected chi connectivity index (χ3v) is 5.20. The standard InChI is InChI=1S/C14H18BrNO4S/c1-4-8(2)16-13(17)9(3)21(20)12-7-10(15)5-6-11(12)14(18)19/h5-9H,4H2,1-3H3,(H,16,17)(H,18,19). The Hall–Kier alpha value is -1.21. The molecule has 0 spiro atoms. The summed E-state index contributed by atoms with van der Waals surface area (Å²) in [6.45, 7) is 5.32. The highest BCUT2D eigenvalue weighted by Gasteiger charge is 2.26. The summed E-state index contributed by atoms with van der Waals surface area (Å²) in [6.07, 6.45) is 0.766. The largest absolute Gasteiger partial charge is 0.478 e. The molecule has 0 bridgehead atoms. The van der Waals surface area contributed by atoms with E-state index in [1.165, 1.54) is 19.1 Å². The number of carboxylic acid groups (broad SMARTS) is 1. The van der Waals surface area contributed by atoms with E-state index in [0.29, 0.717) is 4.47 Å². The molecule has 0 saturated heterocycles. The highest BCUT2D eigenvalue weighted by Crippen LogP contribution is 2.22. The van der Waals surface area contributed by atoms with Crippen LogP contribution in [-0.2, 0) is 15.6 Å². The summed E-state index contributed by atoms with van der Waals surface area (Å²) < 4.78 is 13.1. The van der Waals surface area contributed by atoms with Crippen LogP contribution >= 0.6 is 15.9 Å². The highest BCUT2D eigenvalue weighted by atomic mass is 79.9. The molecule has 116 valence electrons. The monoisotopic (exact) mass is 375 g/mol. The van der Waals surface area contributed by atoms with Crippen LogP contribution in [0, 0.1) is 0 Å². The maximum atomic E-state index is 12.5. The fraction of sp³-hybridized carbons (Fsp3) is 0.429. The van der Waals surface area contributed by atoms with E-state index in [0.717, 1.165) is 6.42 Å². The number of hydrogen-bond donors (Lipinski definition) is 2. The van der Waals surface area contributed by atoms with Crippen molar-refractivity contribution in [2.45, 2.75) is 43.4 Å². The van der Waals surface area contributed by atoms with Gasteiger partial charge in [0.1, 0.15) is 5.25 Å². The molecule has 0 aliphatic carbocycles. The minimum absolute atomic E-state index is 0.0154. The summed E-state index contributed by atoms with van der Waals surface area (Å²) in [5.74, 6) is -1.51. The smallest absolute Gasteiger partial charge is 0.336 e. The second-order valence-corrected chi connectivity index (χ2v) is 7.36. The van der Waals surface area contributed by atoms with Gasteiger partial charge in [0.25, 0.3) is 0 Å². The second-order valence-electron chi connectivity index (χ2n) is 4.70. The maximum absolute atomic E-state index is 12.5. The molecular formula is C14H18BrNO4S. The zero-order valence-corrected chi connectivity index (χ0v) is 14.5. The van der Waals surface area contributed by atoms with Crippen molar-refractivity contribution < 1.29 is 18.9 Å². The van der Waals surface area contributed by atoms with Crippen molar-refractivity contribution in [3.8, 4) is 0 Å². The van der Waals surface area contributed by atoms with Gasteiger partial charge in [-0.25, -0.2) is 4.79 Å². The molecule has 0 heterocycles. The van der Waals surface area contributed by atoms with Crippen LogP contribution in [0.25, 0.3) is 0 Å². The normalized spacial score (nSPS) is 15.0. The Labute approximate surface area is 134 Å². The van der Waals surface area contributed by atoms with Crippen LogP contribution in [0.15, 0.2) is 27.6 Å². The summed E-state index contributed by atoms with van der Waals surface area (Å²) in [7, 11) is -1.74. The molecule has 21 heavy (non-hydrogen) atoms. The lowest BCUT2D eigenvalue weighted by Gasteiger charge is -2.17. The fourth-order valence-electron chi connectivity index (χ4n) is 1.59. The van der Waals surface area contributed by atoms with Crippen LogP contribution in [0.5, 0.6) is 0 Å². The first-order chi connectivity index (χ1) is 9.77. The Morgan fingerprint density at radius 1 is 1.38 bits per heavy atom. The number of rotatable bonds is 6. The minimum atomic E-state index is -1.74. The first kappa shape index (κ1) is 17.8. The van der Waals surface area contributed by atoms with Crippen LogP contribution in [-0.4, -0.2) is 32.5 Å². The van der Waals surface area contributed by atoms with E-state index < -0.39 is 22.0 Å². The summed E-state index contributed by atoms with van der Waals surface area (Å²) in [6, 6.07) is 4.40. The molecule has 1 aromatic carbocycles. The maximum Gasteiger partial charge on any atom is 0.336 e. The molecule has 2 N–H and O–H groups in total. The van der Waals surface area contributed by atoms with Gasteiger partial charge in [-0.1, -0.05) is 22.9 Å². The van der Waals surface area contributed by atoms with Crippen LogP contribution in [0.4, 0.5) is 0 Å². The van der Waals surface area contributed by atoms with Gasteiger partial charge in [0.2, 0.25) is 5.91 Å². The number of aromatic carboxylic acids is 1. The summed E-state index contributed by atoms with van der Waals surface area (Å²) in [5, 5.41) is 11.1. The number of benzene rings is 1. The van der Waals surface area contributed by atoms with Crippen molar-refractivity contribution in [1.82, 2.24) is 5.32 Å². The van der Waals surface area contributed by atoms with Gasteiger partial charge in [-0.05, 0) is 38.5 Å². The Bertz CT molecular complexity index is 576. The molecule has 1 amide bonds. The van der Waals surface area contributed by atoms with Gasteiger partial charge in [0, 0.05) is 10.5 Å². The van der Waals surface area contributed by atoms with Gasteiger partial charge in [-0.15, -0.1) is 0 Å². The van der Waals surface area contributed by atoms with E-state index in [9.17, 15) is 13.8 Å². The third-order valence-electron chi connectivity index (χ3n) is 3.08. The van der Waals surface area contributed by atoms with Crippen molar-refractivity contribution in [2.24, 2.45) is 0 Å². The molecule has 0 aliphatic rings. The average Bonchev–Trinajstić information content (AvgIpc) is 2.44. The number of amides is 1. The van der Waals surface area contributed by atoms with Gasteiger partial charge in [0.05, 0.1) is 21.3 Å². The van der Waals surface area contributed by atoms with E-state index in [-0.39, 0.29) is 22.4 Å². The predicted octanol–water partition coefficient (Wildman–Crippen LogP) is 2.56. The third kappa shape index (κ3) is 4.64. The van der Waals surface area contributed by atoms with Crippen molar-refractivity contribution in [3.63, 3.8) is 0 Å². The summed E-state index contributed by atoms with van der Waals surface area (Å²) in [4.78, 5) is 23.4. The van der Waals surface area contributed by atoms with Crippen LogP contribution in [0.2, 0.25) is 0 Å².